The molecule has 0 spiro atoms. The van der Waals surface area contributed by atoms with E-state index in [4.69, 9.17) is 4.98 Å². The Kier molecular flexibility index (Phi) is 5.14. The molecule has 6 heteroatoms. The smallest absolute Gasteiger partial charge is 0.242 e. The zero-order valence-corrected chi connectivity index (χ0v) is 16.0. The van der Waals surface area contributed by atoms with Gasteiger partial charge in [-0.1, -0.05) is 12.1 Å². The molecule has 2 aromatic rings. The molecule has 1 N–H and O–H groups in total. The average molecular weight is 368 g/mol. The number of carbonyl (C=O) groups is 2. The lowest BCUT2D eigenvalue weighted by Crippen LogP contribution is -2.43. The minimum Gasteiger partial charge on any atom is -0.355 e. The summed E-state index contributed by atoms with van der Waals surface area (Å²) in [6.45, 7) is 3.86. The molecular formula is C21H28N4O2. The van der Waals surface area contributed by atoms with Crippen molar-refractivity contribution in [2.75, 3.05) is 13.1 Å². The summed E-state index contributed by atoms with van der Waals surface area (Å²) in [6, 6.07) is 8.25. The van der Waals surface area contributed by atoms with Gasteiger partial charge in [0.2, 0.25) is 11.8 Å². The molecule has 0 bridgehead atoms. The summed E-state index contributed by atoms with van der Waals surface area (Å²) in [5.41, 5.74) is 1.89. The van der Waals surface area contributed by atoms with Crippen LogP contribution in [0.1, 0.15) is 44.9 Å². The average Bonchev–Trinajstić information content (AvgIpc) is 3.46. The first kappa shape index (κ1) is 18.0. The van der Waals surface area contributed by atoms with Crippen molar-refractivity contribution >= 4 is 22.8 Å². The van der Waals surface area contributed by atoms with E-state index < -0.39 is 0 Å². The standard InChI is InChI=1S/C21H28N4O2/c1-15-6-4-5-13-24(15)20(26)14-25-18-8-3-2-7-17(18)23-19(25)11-12-22-21(27)16-9-10-16/h2-3,7-8,15-16H,4-6,9-14H2,1H3,(H,22,27). The fourth-order valence-electron chi connectivity index (χ4n) is 3.97. The Bertz CT molecular complexity index is 840. The third kappa shape index (κ3) is 3.99. The molecule has 2 heterocycles. The van der Waals surface area contributed by atoms with Gasteiger partial charge in [-0.3, -0.25) is 9.59 Å². The van der Waals surface area contributed by atoms with Gasteiger partial charge in [-0.15, -0.1) is 0 Å². The highest BCUT2D eigenvalue weighted by atomic mass is 16.2. The molecule has 1 aromatic carbocycles. The van der Waals surface area contributed by atoms with Crippen molar-refractivity contribution in [3.8, 4) is 0 Å². The zero-order chi connectivity index (χ0) is 18.8. The third-order valence-electron chi connectivity index (χ3n) is 5.75. The Labute approximate surface area is 159 Å². The highest BCUT2D eigenvalue weighted by molar-refractivity contribution is 5.82. The molecule has 1 aliphatic heterocycles. The summed E-state index contributed by atoms with van der Waals surface area (Å²) < 4.78 is 2.03. The second-order valence-electron chi connectivity index (χ2n) is 7.85. The molecule has 1 atom stereocenters. The van der Waals surface area contributed by atoms with Crippen LogP contribution in [-0.4, -0.2) is 45.4 Å². The Morgan fingerprint density at radius 1 is 1.19 bits per heavy atom. The van der Waals surface area contributed by atoms with Gasteiger partial charge in [0.25, 0.3) is 0 Å². The van der Waals surface area contributed by atoms with Crippen LogP contribution in [-0.2, 0) is 22.6 Å². The maximum absolute atomic E-state index is 13.0. The number of aromatic nitrogens is 2. The van der Waals surface area contributed by atoms with Gasteiger partial charge >= 0.3 is 0 Å². The van der Waals surface area contributed by atoms with Crippen LogP contribution in [0.25, 0.3) is 11.0 Å². The molecule has 4 rings (SSSR count). The van der Waals surface area contributed by atoms with Crippen LogP contribution in [0.15, 0.2) is 24.3 Å². The minimum absolute atomic E-state index is 0.149. The lowest BCUT2D eigenvalue weighted by Gasteiger charge is -2.33. The lowest BCUT2D eigenvalue weighted by molar-refractivity contribution is -0.135. The molecule has 6 nitrogen and oxygen atoms in total. The number of para-hydroxylation sites is 2. The molecule has 27 heavy (non-hydrogen) atoms. The van der Waals surface area contributed by atoms with Gasteiger partial charge in [0.05, 0.1) is 11.0 Å². The number of nitrogens with zero attached hydrogens (tertiary/aromatic N) is 3. The normalized spacial score (nSPS) is 20.0. The van der Waals surface area contributed by atoms with Crippen molar-refractivity contribution < 1.29 is 9.59 Å². The molecule has 1 unspecified atom stereocenters. The number of hydrogen-bond donors (Lipinski definition) is 1. The molecule has 2 amide bonds. The molecule has 144 valence electrons. The van der Waals surface area contributed by atoms with Gasteiger partial charge in [-0.2, -0.15) is 0 Å². The van der Waals surface area contributed by atoms with Crippen molar-refractivity contribution in [1.29, 1.82) is 0 Å². The van der Waals surface area contributed by atoms with Crippen LogP contribution in [0, 0.1) is 5.92 Å². The van der Waals surface area contributed by atoms with Crippen molar-refractivity contribution in [3.63, 3.8) is 0 Å². The number of imidazole rings is 1. The van der Waals surface area contributed by atoms with Crippen molar-refractivity contribution in [3.05, 3.63) is 30.1 Å². The number of amides is 2. The number of piperidine rings is 1. The summed E-state index contributed by atoms with van der Waals surface area (Å²) in [4.78, 5) is 31.6. The molecule has 1 saturated heterocycles. The molecule has 0 radical (unpaired) electrons. The van der Waals surface area contributed by atoms with Gasteiger partial charge in [0.15, 0.2) is 0 Å². The van der Waals surface area contributed by atoms with E-state index in [1.165, 1.54) is 6.42 Å². The highest BCUT2D eigenvalue weighted by Gasteiger charge is 2.29. The van der Waals surface area contributed by atoms with E-state index in [0.29, 0.717) is 25.6 Å². The second-order valence-corrected chi connectivity index (χ2v) is 7.85. The van der Waals surface area contributed by atoms with Gasteiger partial charge in [-0.25, -0.2) is 4.98 Å². The van der Waals surface area contributed by atoms with Crippen molar-refractivity contribution in [2.45, 2.75) is 58.0 Å². The number of hydrogen-bond acceptors (Lipinski definition) is 3. The van der Waals surface area contributed by atoms with E-state index in [2.05, 4.69) is 12.2 Å². The number of nitrogens with one attached hydrogen (secondary N) is 1. The predicted octanol–water partition coefficient (Wildman–Crippen LogP) is 2.51. The number of likely N-dealkylation sites (tertiary alicyclic amines) is 1. The van der Waals surface area contributed by atoms with Crippen LogP contribution < -0.4 is 5.32 Å². The maximum atomic E-state index is 13.0. The molecule has 1 aliphatic carbocycles. The summed E-state index contributed by atoms with van der Waals surface area (Å²) in [5.74, 6) is 1.39. The number of fused-ring (bicyclic) bond motifs is 1. The molecule has 1 aromatic heterocycles. The summed E-state index contributed by atoms with van der Waals surface area (Å²) in [6.07, 6.45) is 6.01. The zero-order valence-electron chi connectivity index (χ0n) is 16.0. The van der Waals surface area contributed by atoms with E-state index in [1.807, 2.05) is 33.7 Å². The number of rotatable bonds is 6. The van der Waals surface area contributed by atoms with E-state index in [0.717, 1.165) is 49.1 Å². The summed E-state index contributed by atoms with van der Waals surface area (Å²) >= 11 is 0. The van der Waals surface area contributed by atoms with E-state index >= 15 is 0 Å². The van der Waals surface area contributed by atoms with Crippen LogP contribution in [0.3, 0.4) is 0 Å². The second kappa shape index (κ2) is 7.71. The van der Waals surface area contributed by atoms with Crippen LogP contribution >= 0.6 is 0 Å². The molecular weight excluding hydrogens is 340 g/mol. The number of carbonyl (C=O) groups excluding carboxylic acids is 2. The van der Waals surface area contributed by atoms with Crippen LogP contribution in [0.5, 0.6) is 0 Å². The summed E-state index contributed by atoms with van der Waals surface area (Å²) in [5, 5.41) is 3.00. The first-order valence-electron chi connectivity index (χ1n) is 10.1. The first-order valence-corrected chi connectivity index (χ1v) is 10.1. The van der Waals surface area contributed by atoms with E-state index in [9.17, 15) is 9.59 Å². The quantitative estimate of drug-likeness (QED) is 0.852. The topological polar surface area (TPSA) is 67.2 Å². The van der Waals surface area contributed by atoms with E-state index in [-0.39, 0.29) is 17.7 Å². The van der Waals surface area contributed by atoms with E-state index in [1.54, 1.807) is 0 Å². The van der Waals surface area contributed by atoms with Gasteiger partial charge in [-0.05, 0) is 51.2 Å². The first-order chi connectivity index (χ1) is 13.1. The van der Waals surface area contributed by atoms with Gasteiger partial charge in [0.1, 0.15) is 12.4 Å². The molecule has 1 saturated carbocycles. The summed E-state index contributed by atoms with van der Waals surface area (Å²) in [7, 11) is 0. The van der Waals surface area contributed by atoms with Crippen LogP contribution in [0.4, 0.5) is 0 Å². The molecule has 2 aliphatic rings. The maximum Gasteiger partial charge on any atom is 0.242 e. The van der Waals surface area contributed by atoms with Crippen molar-refractivity contribution in [2.24, 2.45) is 5.92 Å². The fourth-order valence-corrected chi connectivity index (χ4v) is 3.97. The minimum atomic E-state index is 0.149. The van der Waals surface area contributed by atoms with Gasteiger partial charge in [0, 0.05) is 31.5 Å². The fraction of sp³-hybridized carbons (Fsp3) is 0.571. The Morgan fingerprint density at radius 3 is 2.78 bits per heavy atom. The largest absolute Gasteiger partial charge is 0.355 e. The van der Waals surface area contributed by atoms with Crippen molar-refractivity contribution in [1.82, 2.24) is 19.8 Å². The van der Waals surface area contributed by atoms with Crippen LogP contribution in [0.2, 0.25) is 0 Å². The predicted molar refractivity (Wildman–Crippen MR) is 104 cm³/mol. The Morgan fingerprint density at radius 2 is 2.00 bits per heavy atom. The Hall–Kier alpha value is -2.37. The van der Waals surface area contributed by atoms with Gasteiger partial charge < -0.3 is 14.8 Å². The lowest BCUT2D eigenvalue weighted by atomic mass is 10.0. The SMILES string of the molecule is CC1CCCCN1C(=O)Cn1c(CCNC(=O)C2CC2)nc2ccccc21. The Balaban J connectivity index is 1.50. The molecule has 2 fully saturated rings. The monoisotopic (exact) mass is 368 g/mol. The number of benzene rings is 1. The third-order valence-corrected chi connectivity index (χ3v) is 5.75. The highest BCUT2D eigenvalue weighted by Crippen LogP contribution is 2.28.